The molecule has 14 N–H and O–H groups in total. The first kappa shape index (κ1) is 53.3. The Kier molecular flexibility index (Phi) is 18.3. The number of aliphatic carboxylic acids is 1. The molecule has 0 spiro atoms. The Morgan fingerprint density at radius 3 is 0.699 bits per heavy atom. The Labute approximate surface area is 419 Å². The standard InChI is InChI=1S/C54H56N6O13/c55-43(25-31-1-13-37(61)14-2-31)49(67)56-44(26-32-3-15-38(62)16-4-32)50(68)57-45(27-33-5-17-39(63)18-6-33)51(69)58-46(28-34-7-19-40(64)20-8-34)52(70)59-47(29-35-9-21-41(65)22-10-35)53(71)60-48(54(72)73)30-36-11-23-42(66)24-12-36/h1-24,43-48,61-66H,25-30,55H2,(H,56,67)(H,57,68)(H,58,69)(H,59,70)(H,60,71)(H,72,73)/t43-,44-,45-,46-,47-,48-/m1/s1. The molecular formula is C54H56N6O13. The largest absolute Gasteiger partial charge is 0.508 e. The highest BCUT2D eigenvalue weighted by molar-refractivity contribution is 5.97. The summed E-state index contributed by atoms with van der Waals surface area (Å²) in [5, 5.41) is 82.9. The minimum Gasteiger partial charge on any atom is -0.508 e. The molecule has 19 nitrogen and oxygen atoms in total. The van der Waals surface area contributed by atoms with Crippen LogP contribution in [-0.2, 0) is 67.3 Å². The van der Waals surface area contributed by atoms with Crippen LogP contribution in [0.1, 0.15) is 33.4 Å². The number of carboxylic acid groups (broad SMARTS) is 1. The van der Waals surface area contributed by atoms with Crippen molar-refractivity contribution in [3.8, 4) is 34.5 Å². The molecule has 73 heavy (non-hydrogen) atoms. The molecule has 0 aliphatic carbocycles. The van der Waals surface area contributed by atoms with Crippen LogP contribution in [0.15, 0.2) is 146 Å². The van der Waals surface area contributed by atoms with E-state index < -0.39 is 71.8 Å². The van der Waals surface area contributed by atoms with Crippen molar-refractivity contribution in [3.05, 3.63) is 179 Å². The quantitative estimate of drug-likeness (QED) is 0.0439. The second kappa shape index (κ2) is 25.1. The van der Waals surface area contributed by atoms with Gasteiger partial charge < -0.3 is 68.1 Å². The lowest BCUT2D eigenvalue weighted by Gasteiger charge is -2.27. The second-order valence-electron chi connectivity index (χ2n) is 17.5. The molecule has 6 aromatic carbocycles. The van der Waals surface area contributed by atoms with Crippen LogP contribution in [0.3, 0.4) is 0 Å². The molecule has 0 saturated carbocycles. The zero-order chi connectivity index (χ0) is 52.6. The maximum atomic E-state index is 14.7. The highest BCUT2D eigenvalue weighted by Crippen LogP contribution is 2.18. The summed E-state index contributed by atoms with van der Waals surface area (Å²) in [4.78, 5) is 84.0. The van der Waals surface area contributed by atoms with Gasteiger partial charge in [0.05, 0.1) is 6.04 Å². The number of carbonyl (C=O) groups excluding carboxylic acids is 5. The van der Waals surface area contributed by atoms with Crippen LogP contribution >= 0.6 is 0 Å². The highest BCUT2D eigenvalue weighted by Gasteiger charge is 2.34. The highest BCUT2D eigenvalue weighted by atomic mass is 16.4. The van der Waals surface area contributed by atoms with E-state index in [9.17, 15) is 64.5 Å². The zero-order valence-electron chi connectivity index (χ0n) is 39.2. The lowest BCUT2D eigenvalue weighted by molar-refractivity contribution is -0.142. The number of aromatic hydroxyl groups is 6. The molecule has 0 unspecified atom stereocenters. The van der Waals surface area contributed by atoms with E-state index in [1.165, 1.54) is 133 Å². The van der Waals surface area contributed by atoms with Crippen LogP contribution in [0, 0.1) is 0 Å². The van der Waals surface area contributed by atoms with Gasteiger partial charge in [0, 0.05) is 32.1 Å². The Balaban J connectivity index is 1.29. The van der Waals surface area contributed by atoms with Crippen LogP contribution in [-0.4, -0.2) is 108 Å². The molecule has 380 valence electrons. The fourth-order valence-corrected chi connectivity index (χ4v) is 7.72. The van der Waals surface area contributed by atoms with Gasteiger partial charge in [-0.2, -0.15) is 0 Å². The van der Waals surface area contributed by atoms with Gasteiger partial charge in [-0.1, -0.05) is 72.8 Å². The van der Waals surface area contributed by atoms with Crippen LogP contribution in [0.2, 0.25) is 0 Å². The van der Waals surface area contributed by atoms with E-state index in [2.05, 4.69) is 26.6 Å². The number of phenols is 6. The van der Waals surface area contributed by atoms with E-state index in [1.807, 2.05) is 0 Å². The number of nitrogens with two attached hydrogens (primary N) is 1. The molecule has 0 saturated heterocycles. The Hall–Kier alpha value is -9.10. The van der Waals surface area contributed by atoms with Gasteiger partial charge in [0.15, 0.2) is 0 Å². The Bertz CT molecular complexity index is 2830. The first-order chi connectivity index (χ1) is 34.9. The summed E-state index contributed by atoms with van der Waals surface area (Å²) in [5.74, 6) is -6.04. The van der Waals surface area contributed by atoms with Gasteiger partial charge in [0.1, 0.15) is 64.7 Å². The first-order valence-corrected chi connectivity index (χ1v) is 23.0. The minimum absolute atomic E-state index is 0.0118. The van der Waals surface area contributed by atoms with Crippen LogP contribution in [0.4, 0.5) is 0 Å². The fourth-order valence-electron chi connectivity index (χ4n) is 7.72. The topological polar surface area (TPSA) is 330 Å². The van der Waals surface area contributed by atoms with E-state index >= 15 is 0 Å². The summed E-state index contributed by atoms with van der Waals surface area (Å²) in [6, 6.07) is 26.3. The summed E-state index contributed by atoms with van der Waals surface area (Å²) >= 11 is 0. The molecule has 0 bridgehead atoms. The van der Waals surface area contributed by atoms with Crippen molar-refractivity contribution in [1.82, 2.24) is 26.6 Å². The maximum absolute atomic E-state index is 14.7. The molecule has 19 heteroatoms. The summed E-state index contributed by atoms with van der Waals surface area (Å²) < 4.78 is 0. The molecule has 0 aromatic heterocycles. The monoisotopic (exact) mass is 996 g/mol. The predicted octanol–water partition coefficient (Wildman–Crippen LogP) is 2.51. The lowest BCUT2D eigenvalue weighted by atomic mass is 9.99. The van der Waals surface area contributed by atoms with Crippen molar-refractivity contribution in [2.45, 2.75) is 74.8 Å². The van der Waals surface area contributed by atoms with Crippen LogP contribution < -0.4 is 32.3 Å². The number of hydrogen-bond acceptors (Lipinski definition) is 13. The van der Waals surface area contributed by atoms with Crippen molar-refractivity contribution in [2.75, 3.05) is 0 Å². The number of phenolic OH excluding ortho intramolecular Hbond substituents is 6. The van der Waals surface area contributed by atoms with Gasteiger partial charge in [-0.3, -0.25) is 24.0 Å². The molecule has 6 atom stereocenters. The summed E-state index contributed by atoms with van der Waals surface area (Å²) in [6.45, 7) is 0. The number of benzene rings is 6. The lowest BCUT2D eigenvalue weighted by Crippen LogP contribution is -2.60. The molecule has 0 heterocycles. The van der Waals surface area contributed by atoms with Gasteiger partial charge in [0.2, 0.25) is 29.5 Å². The number of rotatable bonds is 23. The van der Waals surface area contributed by atoms with E-state index in [0.717, 1.165) is 0 Å². The normalized spacial score (nSPS) is 13.4. The van der Waals surface area contributed by atoms with E-state index in [0.29, 0.717) is 33.4 Å². The smallest absolute Gasteiger partial charge is 0.326 e. The molecule has 6 rings (SSSR count). The molecular weight excluding hydrogens is 941 g/mol. The summed E-state index contributed by atoms with van der Waals surface area (Å²) in [6.07, 6.45) is -0.952. The average Bonchev–Trinajstić information content (AvgIpc) is 3.36. The molecule has 0 aliphatic rings. The first-order valence-electron chi connectivity index (χ1n) is 23.0. The fraction of sp³-hybridized carbons (Fsp3) is 0.222. The molecule has 0 aliphatic heterocycles. The Morgan fingerprint density at radius 1 is 0.301 bits per heavy atom. The number of hydrogen-bond donors (Lipinski definition) is 13. The van der Waals surface area contributed by atoms with E-state index in [4.69, 9.17) is 5.73 Å². The number of carboxylic acids is 1. The SMILES string of the molecule is N[C@H](Cc1ccc(O)cc1)C(=O)N[C@H](Cc1ccc(O)cc1)C(=O)N[C@H](Cc1ccc(O)cc1)C(=O)N[C@H](Cc1ccc(O)cc1)C(=O)N[C@H](Cc1ccc(O)cc1)C(=O)N[C@H](Cc1ccc(O)cc1)C(=O)O. The molecule has 6 aromatic rings. The van der Waals surface area contributed by atoms with Crippen molar-refractivity contribution in [2.24, 2.45) is 5.73 Å². The van der Waals surface area contributed by atoms with Gasteiger partial charge in [-0.25, -0.2) is 4.79 Å². The molecule has 0 fully saturated rings. The van der Waals surface area contributed by atoms with Gasteiger partial charge in [0.25, 0.3) is 0 Å². The average molecular weight is 997 g/mol. The van der Waals surface area contributed by atoms with E-state index in [1.54, 1.807) is 12.1 Å². The summed E-state index contributed by atoms with van der Waals surface area (Å²) in [7, 11) is 0. The van der Waals surface area contributed by atoms with Crippen LogP contribution in [0.25, 0.3) is 0 Å². The van der Waals surface area contributed by atoms with Crippen molar-refractivity contribution in [1.29, 1.82) is 0 Å². The zero-order valence-corrected chi connectivity index (χ0v) is 39.2. The summed E-state index contributed by atoms with van der Waals surface area (Å²) in [5.41, 5.74) is 9.26. The van der Waals surface area contributed by atoms with Crippen LogP contribution in [0.5, 0.6) is 34.5 Å². The van der Waals surface area contributed by atoms with Crippen molar-refractivity contribution < 1.29 is 64.5 Å². The molecule has 5 amide bonds. The molecule has 0 radical (unpaired) electrons. The number of carbonyl (C=O) groups is 6. The number of nitrogens with one attached hydrogen (secondary N) is 5. The third kappa shape index (κ3) is 16.5. The van der Waals surface area contributed by atoms with Gasteiger partial charge >= 0.3 is 5.97 Å². The maximum Gasteiger partial charge on any atom is 0.326 e. The third-order valence-corrected chi connectivity index (χ3v) is 11.8. The van der Waals surface area contributed by atoms with Crippen molar-refractivity contribution >= 4 is 35.5 Å². The second-order valence-corrected chi connectivity index (χ2v) is 17.5. The van der Waals surface area contributed by atoms with Crippen molar-refractivity contribution in [3.63, 3.8) is 0 Å². The number of amides is 5. The Morgan fingerprint density at radius 2 is 0.479 bits per heavy atom. The minimum atomic E-state index is -1.51. The third-order valence-electron chi connectivity index (χ3n) is 11.8. The van der Waals surface area contributed by atoms with Gasteiger partial charge in [-0.15, -0.1) is 0 Å². The van der Waals surface area contributed by atoms with E-state index in [-0.39, 0.29) is 73.0 Å². The van der Waals surface area contributed by atoms with Gasteiger partial charge in [-0.05, 0) is 113 Å². The predicted molar refractivity (Wildman–Crippen MR) is 266 cm³/mol.